The summed E-state index contributed by atoms with van der Waals surface area (Å²) in [4.78, 5) is 7.26. The van der Waals surface area contributed by atoms with Gasteiger partial charge in [-0.3, -0.25) is 9.89 Å². The maximum absolute atomic E-state index is 6.16. The Bertz CT molecular complexity index is 572. The Morgan fingerprint density at radius 1 is 1.29 bits per heavy atom. The fourth-order valence-electron chi connectivity index (χ4n) is 3.57. The molecule has 0 bridgehead atoms. The second-order valence-corrected chi connectivity index (χ2v) is 7.93. The highest BCUT2D eigenvalue weighted by Crippen LogP contribution is 2.34. The monoisotopic (exact) mass is 348 g/mol. The molecule has 0 amide bonds. The van der Waals surface area contributed by atoms with E-state index in [0.717, 1.165) is 44.3 Å². The number of guanidine groups is 1. The van der Waals surface area contributed by atoms with Gasteiger partial charge in [0.15, 0.2) is 5.96 Å². The van der Waals surface area contributed by atoms with Gasteiger partial charge >= 0.3 is 0 Å². The van der Waals surface area contributed by atoms with Crippen LogP contribution in [0, 0.1) is 13.8 Å². The molecule has 1 atom stereocenters. The smallest absolute Gasteiger partial charge is 0.193 e. The van der Waals surface area contributed by atoms with Gasteiger partial charge in [-0.1, -0.05) is 6.07 Å². The first-order valence-electron chi connectivity index (χ1n) is 8.63. The molecule has 24 heavy (non-hydrogen) atoms. The summed E-state index contributed by atoms with van der Waals surface area (Å²) >= 11 is 2.02. The SMILES string of the molecule is Cc1cc(C)cc(NC(N)=NCC2(N3CCOCC3)CCSC2)c1. The van der Waals surface area contributed by atoms with E-state index in [1.807, 2.05) is 11.8 Å². The second kappa shape index (κ2) is 7.76. The molecule has 0 saturated carbocycles. The summed E-state index contributed by atoms with van der Waals surface area (Å²) in [6.07, 6.45) is 1.18. The average Bonchev–Trinajstić information content (AvgIpc) is 3.03. The van der Waals surface area contributed by atoms with Crippen molar-refractivity contribution in [1.29, 1.82) is 0 Å². The highest BCUT2D eigenvalue weighted by atomic mass is 32.2. The summed E-state index contributed by atoms with van der Waals surface area (Å²) < 4.78 is 5.51. The van der Waals surface area contributed by atoms with E-state index < -0.39 is 0 Å². The zero-order valence-corrected chi connectivity index (χ0v) is 15.5. The lowest BCUT2D eigenvalue weighted by atomic mass is 9.96. The minimum atomic E-state index is 0.142. The Morgan fingerprint density at radius 2 is 2.00 bits per heavy atom. The molecule has 2 heterocycles. The number of morpholine rings is 1. The molecule has 132 valence electrons. The van der Waals surface area contributed by atoms with Crippen molar-refractivity contribution in [2.45, 2.75) is 25.8 Å². The molecule has 1 aromatic carbocycles. The third-order valence-electron chi connectivity index (χ3n) is 4.80. The average molecular weight is 349 g/mol. The van der Waals surface area contributed by atoms with Crippen molar-refractivity contribution < 1.29 is 4.74 Å². The largest absolute Gasteiger partial charge is 0.379 e. The molecule has 1 aromatic rings. The van der Waals surface area contributed by atoms with Crippen LogP contribution in [-0.4, -0.2) is 60.8 Å². The number of rotatable bonds is 4. The molecule has 2 aliphatic heterocycles. The van der Waals surface area contributed by atoms with E-state index in [1.54, 1.807) is 0 Å². The maximum Gasteiger partial charge on any atom is 0.193 e. The number of nitrogens with one attached hydrogen (secondary N) is 1. The molecule has 3 N–H and O–H groups in total. The number of benzene rings is 1. The number of nitrogens with two attached hydrogens (primary N) is 1. The fraction of sp³-hybridized carbons (Fsp3) is 0.611. The van der Waals surface area contributed by atoms with E-state index >= 15 is 0 Å². The standard InChI is InChI=1S/C18H28N4OS/c1-14-9-15(2)11-16(10-14)21-17(19)20-12-18(3-8-24-13-18)22-4-6-23-7-5-22/h9-11H,3-8,12-13H2,1-2H3,(H3,19,20,21). The number of hydrogen-bond donors (Lipinski definition) is 2. The van der Waals surface area contributed by atoms with Gasteiger partial charge in [0, 0.05) is 24.5 Å². The summed E-state index contributed by atoms with van der Waals surface area (Å²) in [5.41, 5.74) is 9.76. The molecular weight excluding hydrogens is 320 g/mol. The molecule has 2 aliphatic rings. The summed E-state index contributed by atoms with van der Waals surface area (Å²) in [6, 6.07) is 6.35. The minimum Gasteiger partial charge on any atom is -0.379 e. The molecule has 0 spiro atoms. The number of ether oxygens (including phenoxy) is 1. The molecule has 0 aromatic heterocycles. The molecule has 6 heteroatoms. The third-order valence-corrected chi connectivity index (χ3v) is 6.04. The Labute approximate surface area is 149 Å². The van der Waals surface area contributed by atoms with Crippen LogP contribution < -0.4 is 11.1 Å². The van der Waals surface area contributed by atoms with Gasteiger partial charge in [0.05, 0.1) is 25.3 Å². The van der Waals surface area contributed by atoms with Crippen molar-refractivity contribution in [1.82, 2.24) is 4.90 Å². The van der Waals surface area contributed by atoms with Crippen LogP contribution in [-0.2, 0) is 4.74 Å². The second-order valence-electron chi connectivity index (χ2n) is 6.83. The lowest BCUT2D eigenvalue weighted by Crippen LogP contribution is -2.56. The van der Waals surface area contributed by atoms with Gasteiger partial charge in [-0.2, -0.15) is 11.8 Å². The van der Waals surface area contributed by atoms with Gasteiger partial charge in [-0.05, 0) is 49.3 Å². The lowest BCUT2D eigenvalue weighted by Gasteiger charge is -2.42. The van der Waals surface area contributed by atoms with Crippen LogP contribution in [0.2, 0.25) is 0 Å². The van der Waals surface area contributed by atoms with Crippen LogP contribution in [0.5, 0.6) is 0 Å². The van der Waals surface area contributed by atoms with Crippen molar-refractivity contribution in [3.63, 3.8) is 0 Å². The number of nitrogens with zero attached hydrogens (tertiary/aromatic N) is 2. The van der Waals surface area contributed by atoms with Gasteiger partial charge in [-0.25, -0.2) is 0 Å². The van der Waals surface area contributed by atoms with Crippen molar-refractivity contribution in [3.8, 4) is 0 Å². The number of thioether (sulfide) groups is 1. The van der Waals surface area contributed by atoms with Gasteiger partial charge < -0.3 is 15.8 Å². The fourth-order valence-corrected chi connectivity index (χ4v) is 5.04. The van der Waals surface area contributed by atoms with E-state index in [-0.39, 0.29) is 5.54 Å². The first-order chi connectivity index (χ1) is 11.6. The summed E-state index contributed by atoms with van der Waals surface area (Å²) in [5.74, 6) is 2.84. The summed E-state index contributed by atoms with van der Waals surface area (Å²) in [7, 11) is 0. The van der Waals surface area contributed by atoms with Gasteiger partial charge in [-0.15, -0.1) is 0 Å². The van der Waals surface area contributed by atoms with Crippen LogP contribution in [0.3, 0.4) is 0 Å². The Balaban J connectivity index is 1.67. The van der Waals surface area contributed by atoms with Gasteiger partial charge in [0.2, 0.25) is 0 Å². The predicted molar refractivity (Wildman–Crippen MR) is 103 cm³/mol. The van der Waals surface area contributed by atoms with Crippen LogP contribution in [0.15, 0.2) is 23.2 Å². The highest BCUT2D eigenvalue weighted by molar-refractivity contribution is 7.99. The van der Waals surface area contributed by atoms with E-state index in [9.17, 15) is 0 Å². The van der Waals surface area contributed by atoms with Crippen LogP contribution >= 0.6 is 11.8 Å². The Hall–Kier alpha value is -1.24. The van der Waals surface area contributed by atoms with Crippen LogP contribution in [0.25, 0.3) is 0 Å². The highest BCUT2D eigenvalue weighted by Gasteiger charge is 2.40. The van der Waals surface area contributed by atoms with Gasteiger partial charge in [0.25, 0.3) is 0 Å². The predicted octanol–water partition coefficient (Wildman–Crippen LogP) is 2.24. The zero-order chi connectivity index (χ0) is 17.0. The lowest BCUT2D eigenvalue weighted by molar-refractivity contribution is -0.0104. The summed E-state index contributed by atoms with van der Waals surface area (Å²) in [5, 5.41) is 3.25. The minimum absolute atomic E-state index is 0.142. The van der Waals surface area contributed by atoms with E-state index in [1.165, 1.54) is 23.3 Å². The van der Waals surface area contributed by atoms with Crippen molar-refractivity contribution >= 4 is 23.4 Å². The maximum atomic E-state index is 6.16. The number of aryl methyl sites for hydroxylation is 2. The van der Waals surface area contributed by atoms with E-state index in [0.29, 0.717) is 5.96 Å². The van der Waals surface area contributed by atoms with Gasteiger partial charge in [0.1, 0.15) is 0 Å². The van der Waals surface area contributed by atoms with Crippen LogP contribution in [0.4, 0.5) is 5.69 Å². The first kappa shape index (κ1) is 17.6. The van der Waals surface area contributed by atoms with E-state index in [4.69, 9.17) is 15.5 Å². The van der Waals surface area contributed by atoms with Crippen LogP contribution in [0.1, 0.15) is 17.5 Å². The Kier molecular flexibility index (Phi) is 5.69. The van der Waals surface area contributed by atoms with Crippen molar-refractivity contribution in [2.24, 2.45) is 10.7 Å². The Morgan fingerprint density at radius 3 is 2.62 bits per heavy atom. The topological polar surface area (TPSA) is 62.9 Å². The quantitative estimate of drug-likeness (QED) is 0.645. The molecule has 0 aliphatic carbocycles. The molecule has 2 fully saturated rings. The summed E-state index contributed by atoms with van der Waals surface area (Å²) in [6.45, 7) is 8.59. The molecule has 3 rings (SSSR count). The molecule has 5 nitrogen and oxygen atoms in total. The number of aliphatic imine (C=N–C) groups is 1. The molecule has 2 saturated heterocycles. The zero-order valence-electron chi connectivity index (χ0n) is 14.7. The number of hydrogen-bond acceptors (Lipinski definition) is 4. The molecule has 1 unspecified atom stereocenters. The van der Waals surface area contributed by atoms with Crippen molar-refractivity contribution in [2.75, 3.05) is 49.7 Å². The van der Waals surface area contributed by atoms with E-state index in [2.05, 4.69) is 42.3 Å². The first-order valence-corrected chi connectivity index (χ1v) is 9.79. The molecular formula is C18H28N4OS. The molecule has 0 radical (unpaired) electrons. The third kappa shape index (κ3) is 4.23. The van der Waals surface area contributed by atoms with Crippen molar-refractivity contribution in [3.05, 3.63) is 29.3 Å². The normalized spacial score (nSPS) is 25.8. The number of anilines is 1.